The van der Waals surface area contributed by atoms with Crippen LogP contribution in [0.3, 0.4) is 0 Å². The van der Waals surface area contributed by atoms with E-state index in [0.29, 0.717) is 25.3 Å². The van der Waals surface area contributed by atoms with Crippen molar-refractivity contribution in [1.82, 2.24) is 9.88 Å². The highest BCUT2D eigenvalue weighted by atomic mass is 19.1. The van der Waals surface area contributed by atoms with Crippen LogP contribution in [0.1, 0.15) is 22.3 Å². The first kappa shape index (κ1) is 17.1. The molecule has 5 nitrogen and oxygen atoms in total. The van der Waals surface area contributed by atoms with E-state index in [0.717, 1.165) is 22.0 Å². The third-order valence-corrected chi connectivity index (χ3v) is 4.92. The Morgan fingerprint density at radius 1 is 1.26 bits per heavy atom. The minimum absolute atomic E-state index is 0.0900. The number of carbonyl (C=O) groups excluding carboxylic acids is 1. The van der Waals surface area contributed by atoms with E-state index in [1.54, 1.807) is 23.1 Å². The number of H-pyrrole nitrogens is 1. The lowest BCUT2D eigenvalue weighted by molar-refractivity contribution is 0.0770. The fourth-order valence-electron chi connectivity index (χ4n) is 3.45. The first-order valence-corrected chi connectivity index (χ1v) is 8.69. The van der Waals surface area contributed by atoms with Gasteiger partial charge in [-0.2, -0.15) is 0 Å². The van der Waals surface area contributed by atoms with Crippen LogP contribution in [0.4, 0.5) is 4.39 Å². The fraction of sp³-hybridized carbons (Fsp3) is 0.190. The Labute approximate surface area is 155 Å². The molecule has 1 aromatic heterocycles. The minimum Gasteiger partial charge on any atom is -0.507 e. The molecule has 0 fully saturated rings. The average molecular weight is 366 g/mol. The SMILES string of the molecule is COc1ccc(C(=O)N2CC=C(c3c[nH]c4cc(F)ccc34)CC2)c(O)c1. The Kier molecular flexibility index (Phi) is 4.32. The molecule has 1 aliphatic heterocycles. The molecule has 1 aliphatic rings. The lowest BCUT2D eigenvalue weighted by Crippen LogP contribution is -2.34. The second-order valence-corrected chi connectivity index (χ2v) is 6.51. The highest BCUT2D eigenvalue weighted by molar-refractivity contribution is 5.98. The number of phenolic OH excluding ortho intramolecular Hbond substituents is 1. The smallest absolute Gasteiger partial charge is 0.257 e. The van der Waals surface area contributed by atoms with Crippen molar-refractivity contribution in [2.24, 2.45) is 0 Å². The monoisotopic (exact) mass is 366 g/mol. The van der Waals surface area contributed by atoms with Crippen molar-refractivity contribution in [2.75, 3.05) is 20.2 Å². The molecule has 6 heteroatoms. The highest BCUT2D eigenvalue weighted by Gasteiger charge is 2.22. The van der Waals surface area contributed by atoms with Gasteiger partial charge < -0.3 is 19.7 Å². The molecule has 27 heavy (non-hydrogen) atoms. The van der Waals surface area contributed by atoms with Gasteiger partial charge in [0.1, 0.15) is 17.3 Å². The summed E-state index contributed by atoms with van der Waals surface area (Å²) in [6.07, 6.45) is 4.57. The van der Waals surface area contributed by atoms with E-state index in [-0.39, 0.29) is 23.0 Å². The van der Waals surface area contributed by atoms with Crippen LogP contribution in [0.5, 0.6) is 11.5 Å². The van der Waals surface area contributed by atoms with Gasteiger partial charge in [-0.25, -0.2) is 4.39 Å². The fourth-order valence-corrected chi connectivity index (χ4v) is 3.45. The van der Waals surface area contributed by atoms with Gasteiger partial charge in [-0.15, -0.1) is 0 Å². The number of aromatic amines is 1. The number of nitrogens with zero attached hydrogens (tertiary/aromatic N) is 1. The van der Waals surface area contributed by atoms with Crippen LogP contribution in [0.15, 0.2) is 48.7 Å². The largest absolute Gasteiger partial charge is 0.507 e. The molecule has 0 unspecified atom stereocenters. The number of halogens is 1. The van der Waals surface area contributed by atoms with E-state index in [4.69, 9.17) is 4.74 Å². The summed E-state index contributed by atoms with van der Waals surface area (Å²) in [4.78, 5) is 17.5. The van der Waals surface area contributed by atoms with E-state index in [1.165, 1.54) is 25.3 Å². The number of aromatic hydroxyl groups is 1. The van der Waals surface area contributed by atoms with Gasteiger partial charge in [0.2, 0.25) is 0 Å². The van der Waals surface area contributed by atoms with Crippen LogP contribution in [-0.2, 0) is 0 Å². The van der Waals surface area contributed by atoms with E-state index in [9.17, 15) is 14.3 Å². The summed E-state index contributed by atoms with van der Waals surface area (Å²) < 4.78 is 18.4. The number of benzene rings is 2. The molecule has 0 saturated heterocycles. The van der Waals surface area contributed by atoms with Crippen molar-refractivity contribution in [2.45, 2.75) is 6.42 Å². The minimum atomic E-state index is -0.274. The van der Waals surface area contributed by atoms with Crippen molar-refractivity contribution in [3.05, 3.63) is 65.6 Å². The summed E-state index contributed by atoms with van der Waals surface area (Å²) in [6, 6.07) is 9.36. The number of hydrogen-bond donors (Lipinski definition) is 2. The number of carbonyl (C=O) groups is 1. The van der Waals surface area contributed by atoms with E-state index < -0.39 is 0 Å². The van der Waals surface area contributed by atoms with Gasteiger partial charge in [0.05, 0.1) is 12.7 Å². The maximum absolute atomic E-state index is 13.4. The summed E-state index contributed by atoms with van der Waals surface area (Å²) >= 11 is 0. The summed E-state index contributed by atoms with van der Waals surface area (Å²) in [5.41, 5.74) is 3.17. The number of aromatic nitrogens is 1. The van der Waals surface area contributed by atoms with E-state index in [2.05, 4.69) is 4.98 Å². The predicted octanol–water partition coefficient (Wildman–Crippen LogP) is 3.95. The lowest BCUT2D eigenvalue weighted by atomic mass is 9.98. The molecular formula is C21H19FN2O3. The zero-order valence-corrected chi connectivity index (χ0v) is 14.8. The van der Waals surface area contributed by atoms with Gasteiger partial charge >= 0.3 is 0 Å². The molecule has 0 aliphatic carbocycles. The molecule has 0 bridgehead atoms. The molecule has 0 radical (unpaired) electrons. The standard InChI is InChI=1S/C21H19FN2O3/c1-27-15-3-5-17(20(25)11-15)21(26)24-8-6-13(7-9-24)18-12-23-19-10-14(22)2-4-16(18)19/h2-6,10-12,23,25H,7-9H2,1H3. The maximum Gasteiger partial charge on any atom is 0.257 e. The third kappa shape index (κ3) is 3.14. The molecule has 0 atom stereocenters. The normalized spacial score (nSPS) is 14.3. The summed E-state index contributed by atoms with van der Waals surface area (Å²) in [5, 5.41) is 11.1. The molecule has 0 spiro atoms. The molecule has 1 amide bonds. The second-order valence-electron chi connectivity index (χ2n) is 6.51. The summed E-state index contributed by atoms with van der Waals surface area (Å²) in [6.45, 7) is 0.998. The van der Waals surface area contributed by atoms with Gasteiger partial charge in [-0.3, -0.25) is 4.79 Å². The Morgan fingerprint density at radius 2 is 2.11 bits per heavy atom. The molecular weight excluding hydrogens is 347 g/mol. The Balaban J connectivity index is 1.55. The van der Waals surface area contributed by atoms with Crippen molar-refractivity contribution in [1.29, 1.82) is 0 Å². The predicted molar refractivity (Wildman–Crippen MR) is 101 cm³/mol. The first-order chi connectivity index (χ1) is 13.1. The lowest BCUT2D eigenvalue weighted by Gasteiger charge is -2.27. The topological polar surface area (TPSA) is 65.6 Å². The number of nitrogens with one attached hydrogen (secondary N) is 1. The highest BCUT2D eigenvalue weighted by Crippen LogP contribution is 2.31. The van der Waals surface area contributed by atoms with Gasteiger partial charge in [-0.05, 0) is 42.3 Å². The van der Waals surface area contributed by atoms with Crippen molar-refractivity contribution in [3.63, 3.8) is 0 Å². The maximum atomic E-state index is 13.4. The molecule has 138 valence electrons. The zero-order chi connectivity index (χ0) is 19.0. The third-order valence-electron chi connectivity index (χ3n) is 4.92. The number of hydrogen-bond acceptors (Lipinski definition) is 3. The first-order valence-electron chi connectivity index (χ1n) is 8.69. The molecule has 2 heterocycles. The van der Waals surface area contributed by atoms with Crippen LogP contribution in [-0.4, -0.2) is 41.1 Å². The van der Waals surface area contributed by atoms with Crippen LogP contribution in [0.25, 0.3) is 16.5 Å². The average Bonchev–Trinajstić information content (AvgIpc) is 3.10. The van der Waals surface area contributed by atoms with Crippen LogP contribution in [0.2, 0.25) is 0 Å². The number of methoxy groups -OCH3 is 1. The van der Waals surface area contributed by atoms with Gasteiger partial charge in [-0.1, -0.05) is 6.08 Å². The van der Waals surface area contributed by atoms with Crippen LogP contribution < -0.4 is 4.74 Å². The van der Waals surface area contributed by atoms with E-state index in [1.807, 2.05) is 12.3 Å². The van der Waals surface area contributed by atoms with Crippen molar-refractivity contribution < 1.29 is 19.0 Å². The molecule has 2 N–H and O–H groups in total. The number of rotatable bonds is 3. The number of ether oxygens (including phenoxy) is 1. The Morgan fingerprint density at radius 3 is 2.81 bits per heavy atom. The quantitative estimate of drug-likeness (QED) is 0.738. The Hall–Kier alpha value is -3.28. The van der Waals surface area contributed by atoms with Crippen molar-refractivity contribution >= 4 is 22.4 Å². The second kappa shape index (κ2) is 6.79. The number of amides is 1. The summed E-state index contributed by atoms with van der Waals surface area (Å²) in [5.74, 6) is -0.0792. The molecule has 4 rings (SSSR count). The number of fused-ring (bicyclic) bond motifs is 1. The van der Waals surface area contributed by atoms with Crippen LogP contribution in [0, 0.1) is 5.82 Å². The number of phenols is 1. The zero-order valence-electron chi connectivity index (χ0n) is 14.8. The van der Waals surface area contributed by atoms with E-state index >= 15 is 0 Å². The van der Waals surface area contributed by atoms with Crippen molar-refractivity contribution in [3.8, 4) is 11.5 Å². The van der Waals surface area contributed by atoms with Crippen LogP contribution >= 0.6 is 0 Å². The molecule has 2 aromatic carbocycles. The Bertz CT molecular complexity index is 1050. The van der Waals surface area contributed by atoms with Gasteiger partial charge in [0.15, 0.2) is 0 Å². The van der Waals surface area contributed by atoms with Gasteiger partial charge in [0.25, 0.3) is 5.91 Å². The molecule has 0 saturated carbocycles. The summed E-state index contributed by atoms with van der Waals surface area (Å²) in [7, 11) is 1.51. The molecule has 3 aromatic rings. The van der Waals surface area contributed by atoms with Gasteiger partial charge in [0, 0.05) is 41.8 Å².